The molecule has 1 amide bonds. The van der Waals surface area contributed by atoms with E-state index in [1.807, 2.05) is 6.92 Å². The van der Waals surface area contributed by atoms with Crippen molar-refractivity contribution in [2.24, 2.45) is 0 Å². The SMILES string of the molecule is CCCNCC(=O)Nc1ccc(F)cc1OC. The van der Waals surface area contributed by atoms with Gasteiger partial charge in [0.1, 0.15) is 11.6 Å². The Morgan fingerprint density at radius 1 is 1.47 bits per heavy atom. The molecule has 0 unspecified atom stereocenters. The number of rotatable bonds is 6. The highest BCUT2D eigenvalue weighted by atomic mass is 19.1. The first-order valence-electron chi connectivity index (χ1n) is 5.51. The number of carbonyl (C=O) groups is 1. The van der Waals surface area contributed by atoms with E-state index in [1.54, 1.807) is 0 Å². The zero-order valence-electron chi connectivity index (χ0n) is 10.0. The summed E-state index contributed by atoms with van der Waals surface area (Å²) in [5, 5.41) is 5.63. The maximum Gasteiger partial charge on any atom is 0.238 e. The summed E-state index contributed by atoms with van der Waals surface area (Å²) >= 11 is 0. The lowest BCUT2D eigenvalue weighted by molar-refractivity contribution is -0.115. The van der Waals surface area contributed by atoms with Crippen molar-refractivity contribution in [1.29, 1.82) is 0 Å². The summed E-state index contributed by atoms with van der Waals surface area (Å²) in [7, 11) is 1.43. The Labute approximate surface area is 100 Å². The van der Waals surface area contributed by atoms with E-state index in [9.17, 15) is 9.18 Å². The van der Waals surface area contributed by atoms with Crippen molar-refractivity contribution < 1.29 is 13.9 Å². The molecule has 0 fully saturated rings. The summed E-state index contributed by atoms with van der Waals surface area (Å²) in [4.78, 5) is 11.5. The molecule has 17 heavy (non-hydrogen) atoms. The van der Waals surface area contributed by atoms with Crippen LogP contribution in [0.4, 0.5) is 10.1 Å². The van der Waals surface area contributed by atoms with Crippen molar-refractivity contribution in [2.75, 3.05) is 25.5 Å². The molecular formula is C12H17FN2O2. The van der Waals surface area contributed by atoms with Gasteiger partial charge in [-0.2, -0.15) is 0 Å². The number of hydrogen-bond donors (Lipinski definition) is 2. The average Bonchev–Trinajstić information content (AvgIpc) is 2.32. The highest BCUT2D eigenvalue weighted by molar-refractivity contribution is 5.93. The van der Waals surface area contributed by atoms with Crippen molar-refractivity contribution in [1.82, 2.24) is 5.32 Å². The van der Waals surface area contributed by atoms with Crippen molar-refractivity contribution >= 4 is 11.6 Å². The molecule has 1 aromatic rings. The first-order valence-corrected chi connectivity index (χ1v) is 5.51. The number of amides is 1. The molecule has 0 aliphatic heterocycles. The van der Waals surface area contributed by atoms with Crippen LogP contribution < -0.4 is 15.4 Å². The number of nitrogens with one attached hydrogen (secondary N) is 2. The van der Waals surface area contributed by atoms with E-state index in [-0.39, 0.29) is 12.5 Å². The number of anilines is 1. The number of halogens is 1. The van der Waals surface area contributed by atoms with Crippen LogP contribution in [0.2, 0.25) is 0 Å². The number of methoxy groups -OCH3 is 1. The molecule has 0 spiro atoms. The van der Waals surface area contributed by atoms with Gasteiger partial charge in [0.15, 0.2) is 0 Å². The zero-order valence-corrected chi connectivity index (χ0v) is 10.0. The first kappa shape index (κ1) is 13.4. The molecule has 2 N–H and O–H groups in total. The minimum absolute atomic E-state index is 0.177. The predicted molar refractivity (Wildman–Crippen MR) is 64.7 cm³/mol. The summed E-state index contributed by atoms with van der Waals surface area (Å²) in [6.07, 6.45) is 0.965. The largest absolute Gasteiger partial charge is 0.494 e. The van der Waals surface area contributed by atoms with Gasteiger partial charge in [-0.3, -0.25) is 4.79 Å². The smallest absolute Gasteiger partial charge is 0.238 e. The standard InChI is InChI=1S/C12H17FN2O2/c1-3-6-14-8-12(16)15-10-5-4-9(13)7-11(10)17-2/h4-5,7,14H,3,6,8H2,1-2H3,(H,15,16). The van der Waals surface area contributed by atoms with Crippen LogP contribution in [0, 0.1) is 5.82 Å². The molecule has 0 bridgehead atoms. The maximum absolute atomic E-state index is 12.9. The fourth-order valence-corrected chi connectivity index (χ4v) is 1.34. The van der Waals surface area contributed by atoms with Crippen LogP contribution in [0.15, 0.2) is 18.2 Å². The van der Waals surface area contributed by atoms with Crippen LogP contribution in [0.3, 0.4) is 0 Å². The molecule has 0 aromatic heterocycles. The van der Waals surface area contributed by atoms with Gasteiger partial charge in [0, 0.05) is 6.07 Å². The molecule has 1 aromatic carbocycles. The van der Waals surface area contributed by atoms with Crippen LogP contribution in [0.1, 0.15) is 13.3 Å². The molecule has 0 radical (unpaired) electrons. The van der Waals surface area contributed by atoms with Gasteiger partial charge in [0.25, 0.3) is 0 Å². The van der Waals surface area contributed by atoms with Crippen molar-refractivity contribution in [3.8, 4) is 5.75 Å². The quantitative estimate of drug-likeness (QED) is 0.745. The fraction of sp³-hybridized carbons (Fsp3) is 0.417. The Hall–Kier alpha value is -1.62. The molecule has 0 aliphatic rings. The minimum Gasteiger partial charge on any atom is -0.494 e. The van der Waals surface area contributed by atoms with Gasteiger partial charge in [-0.25, -0.2) is 4.39 Å². The molecule has 0 heterocycles. The van der Waals surface area contributed by atoms with E-state index in [1.165, 1.54) is 25.3 Å². The molecule has 1 rings (SSSR count). The normalized spacial score (nSPS) is 10.1. The van der Waals surface area contributed by atoms with Crippen LogP contribution in [-0.2, 0) is 4.79 Å². The van der Waals surface area contributed by atoms with Crippen molar-refractivity contribution in [3.63, 3.8) is 0 Å². The monoisotopic (exact) mass is 240 g/mol. The summed E-state index contributed by atoms with van der Waals surface area (Å²) in [5.41, 5.74) is 0.470. The van der Waals surface area contributed by atoms with Crippen LogP contribution in [0.25, 0.3) is 0 Å². The molecule has 4 nitrogen and oxygen atoms in total. The van der Waals surface area contributed by atoms with E-state index < -0.39 is 5.82 Å². The Kier molecular flexibility index (Phi) is 5.42. The van der Waals surface area contributed by atoms with Gasteiger partial charge in [-0.15, -0.1) is 0 Å². The van der Waals surface area contributed by atoms with Gasteiger partial charge in [0.05, 0.1) is 19.3 Å². The topological polar surface area (TPSA) is 50.4 Å². The molecular weight excluding hydrogens is 223 g/mol. The third kappa shape index (κ3) is 4.40. The second-order valence-corrected chi connectivity index (χ2v) is 3.57. The van der Waals surface area contributed by atoms with Crippen molar-refractivity contribution in [2.45, 2.75) is 13.3 Å². The van der Waals surface area contributed by atoms with Gasteiger partial charge >= 0.3 is 0 Å². The predicted octanol–water partition coefficient (Wildman–Crippen LogP) is 1.77. The molecule has 5 heteroatoms. The van der Waals surface area contributed by atoms with E-state index in [0.29, 0.717) is 11.4 Å². The molecule has 0 saturated carbocycles. The number of benzene rings is 1. The van der Waals surface area contributed by atoms with Gasteiger partial charge in [-0.05, 0) is 25.1 Å². The summed E-state index contributed by atoms with van der Waals surface area (Å²) < 4.78 is 17.9. The van der Waals surface area contributed by atoms with Gasteiger partial charge in [-0.1, -0.05) is 6.92 Å². The van der Waals surface area contributed by atoms with Crippen LogP contribution in [-0.4, -0.2) is 26.1 Å². The maximum atomic E-state index is 12.9. The van der Waals surface area contributed by atoms with Crippen molar-refractivity contribution in [3.05, 3.63) is 24.0 Å². The molecule has 0 saturated heterocycles. The second-order valence-electron chi connectivity index (χ2n) is 3.57. The summed E-state index contributed by atoms with van der Waals surface area (Å²) in [6.45, 7) is 3.04. The Morgan fingerprint density at radius 2 is 2.24 bits per heavy atom. The zero-order chi connectivity index (χ0) is 12.7. The third-order valence-corrected chi connectivity index (χ3v) is 2.15. The Balaban J connectivity index is 2.58. The number of ether oxygens (including phenoxy) is 1. The second kappa shape index (κ2) is 6.85. The summed E-state index contributed by atoms with van der Waals surface area (Å²) in [6, 6.07) is 3.98. The lowest BCUT2D eigenvalue weighted by Gasteiger charge is -2.10. The number of hydrogen-bond acceptors (Lipinski definition) is 3. The fourth-order valence-electron chi connectivity index (χ4n) is 1.34. The van der Waals surface area contributed by atoms with Gasteiger partial charge < -0.3 is 15.4 Å². The van der Waals surface area contributed by atoms with E-state index in [2.05, 4.69) is 10.6 Å². The first-order chi connectivity index (χ1) is 8.17. The molecule has 0 atom stereocenters. The Morgan fingerprint density at radius 3 is 2.88 bits per heavy atom. The third-order valence-electron chi connectivity index (χ3n) is 2.15. The average molecular weight is 240 g/mol. The Bertz CT molecular complexity index is 383. The van der Waals surface area contributed by atoms with Crippen LogP contribution in [0.5, 0.6) is 5.75 Å². The van der Waals surface area contributed by atoms with Crippen LogP contribution >= 0.6 is 0 Å². The molecule has 94 valence electrons. The van der Waals surface area contributed by atoms with E-state index in [4.69, 9.17) is 4.74 Å². The lowest BCUT2D eigenvalue weighted by atomic mass is 10.3. The lowest BCUT2D eigenvalue weighted by Crippen LogP contribution is -2.28. The summed E-state index contributed by atoms with van der Waals surface area (Å²) in [5.74, 6) is -0.263. The highest BCUT2D eigenvalue weighted by Gasteiger charge is 2.07. The molecule has 0 aliphatic carbocycles. The number of carbonyl (C=O) groups excluding carboxylic acids is 1. The van der Waals surface area contributed by atoms with Gasteiger partial charge in [0.2, 0.25) is 5.91 Å². The minimum atomic E-state index is -0.399. The van der Waals surface area contributed by atoms with E-state index >= 15 is 0 Å². The van der Waals surface area contributed by atoms with E-state index in [0.717, 1.165) is 13.0 Å². The highest BCUT2D eigenvalue weighted by Crippen LogP contribution is 2.24.